The van der Waals surface area contributed by atoms with Crippen LogP contribution in [0, 0.1) is 13.8 Å². The molecule has 5 rings (SSSR count). The normalized spacial score (nSPS) is 15.5. The van der Waals surface area contributed by atoms with Crippen LogP contribution in [-0.2, 0) is 6.54 Å². The van der Waals surface area contributed by atoms with Crippen LogP contribution in [0.1, 0.15) is 44.4 Å². The Labute approximate surface area is 183 Å². The zero-order valence-electron chi connectivity index (χ0n) is 17.1. The molecule has 0 saturated heterocycles. The van der Waals surface area contributed by atoms with E-state index in [4.69, 9.17) is 16.0 Å². The van der Waals surface area contributed by atoms with Crippen molar-refractivity contribution in [1.29, 1.82) is 0 Å². The first kappa shape index (κ1) is 19.5. The van der Waals surface area contributed by atoms with E-state index >= 15 is 0 Å². The zero-order valence-corrected chi connectivity index (χ0v) is 17.8. The highest BCUT2D eigenvalue weighted by Crippen LogP contribution is 2.39. The van der Waals surface area contributed by atoms with Crippen molar-refractivity contribution in [3.63, 3.8) is 0 Å². The highest BCUT2D eigenvalue weighted by molar-refractivity contribution is 6.30. The number of hydrogen-bond donors (Lipinski definition) is 0. The third kappa shape index (κ3) is 3.22. The maximum absolute atomic E-state index is 13.6. The summed E-state index contributed by atoms with van der Waals surface area (Å²) in [6, 6.07) is 14.1. The molecule has 0 saturated carbocycles. The second-order valence-electron chi connectivity index (χ2n) is 7.88. The van der Waals surface area contributed by atoms with E-state index in [9.17, 15) is 9.59 Å². The molecular formula is C25H19ClN2O3. The smallest absolute Gasteiger partial charge is 0.291 e. The molecule has 1 atom stereocenters. The van der Waals surface area contributed by atoms with Gasteiger partial charge >= 0.3 is 0 Å². The number of amides is 1. The SMILES string of the molecule is Cc1cc(C)c2oc3c(c(=O)c2c1)[C@@H](c1ccc(Cl)cc1)N(Cc1cccnc1)C3=O. The number of fused-ring (bicyclic) bond motifs is 2. The summed E-state index contributed by atoms with van der Waals surface area (Å²) in [7, 11) is 0. The average Bonchev–Trinajstić information content (AvgIpc) is 3.03. The van der Waals surface area contributed by atoms with Crippen molar-refractivity contribution in [2.45, 2.75) is 26.4 Å². The number of hydrogen-bond acceptors (Lipinski definition) is 4. The Morgan fingerprint density at radius 3 is 2.58 bits per heavy atom. The maximum Gasteiger partial charge on any atom is 0.291 e. The van der Waals surface area contributed by atoms with Crippen molar-refractivity contribution in [3.05, 3.63) is 110 Å². The van der Waals surface area contributed by atoms with Gasteiger partial charge < -0.3 is 9.32 Å². The van der Waals surface area contributed by atoms with Crippen LogP contribution in [0.2, 0.25) is 5.02 Å². The van der Waals surface area contributed by atoms with Gasteiger partial charge in [-0.05, 0) is 60.4 Å². The molecule has 2 aromatic carbocycles. The molecule has 3 heterocycles. The van der Waals surface area contributed by atoms with E-state index in [1.165, 1.54) is 0 Å². The van der Waals surface area contributed by atoms with E-state index in [2.05, 4.69) is 4.98 Å². The Balaban J connectivity index is 1.76. The lowest BCUT2D eigenvalue weighted by Gasteiger charge is -2.25. The van der Waals surface area contributed by atoms with Crippen LogP contribution < -0.4 is 5.43 Å². The van der Waals surface area contributed by atoms with Crippen LogP contribution in [0.3, 0.4) is 0 Å². The molecule has 1 amide bonds. The molecule has 0 unspecified atom stereocenters. The maximum atomic E-state index is 13.6. The predicted octanol–water partition coefficient (Wildman–Crippen LogP) is 5.20. The number of aromatic nitrogens is 1. The molecule has 0 N–H and O–H groups in total. The van der Waals surface area contributed by atoms with Gasteiger partial charge in [0.2, 0.25) is 5.76 Å². The van der Waals surface area contributed by atoms with Gasteiger partial charge in [-0.25, -0.2) is 0 Å². The van der Waals surface area contributed by atoms with Crippen molar-refractivity contribution in [2.24, 2.45) is 0 Å². The summed E-state index contributed by atoms with van der Waals surface area (Å²) in [5.74, 6) is -0.203. The van der Waals surface area contributed by atoms with Gasteiger partial charge in [0.15, 0.2) is 5.43 Å². The minimum absolute atomic E-state index is 0.105. The van der Waals surface area contributed by atoms with E-state index in [1.807, 2.05) is 50.2 Å². The largest absolute Gasteiger partial charge is 0.450 e. The molecule has 0 bridgehead atoms. The first-order valence-corrected chi connectivity index (χ1v) is 10.3. The van der Waals surface area contributed by atoms with Gasteiger partial charge in [0.25, 0.3) is 5.91 Å². The molecule has 0 fully saturated rings. The molecule has 5 nitrogen and oxygen atoms in total. The molecule has 0 spiro atoms. The standard InChI is InChI=1S/C25H19ClN2O3/c1-14-10-15(2)23-19(11-14)22(29)20-21(17-5-7-18(26)8-6-17)28(25(30)24(20)31-23)13-16-4-3-9-27-12-16/h3-12,21H,13H2,1-2H3/t21-/m1/s1. The Morgan fingerprint density at radius 1 is 1.10 bits per heavy atom. The summed E-state index contributed by atoms with van der Waals surface area (Å²) in [5, 5.41) is 1.08. The van der Waals surface area contributed by atoms with Crippen LogP contribution >= 0.6 is 11.6 Å². The van der Waals surface area contributed by atoms with Crippen LogP contribution in [0.4, 0.5) is 0 Å². The number of nitrogens with zero attached hydrogens (tertiary/aromatic N) is 2. The molecular weight excluding hydrogens is 412 g/mol. The number of aryl methyl sites for hydroxylation is 2. The lowest BCUT2D eigenvalue weighted by atomic mass is 9.97. The van der Waals surface area contributed by atoms with Crippen molar-refractivity contribution in [1.82, 2.24) is 9.88 Å². The Hall–Kier alpha value is -3.44. The topological polar surface area (TPSA) is 63.4 Å². The third-order valence-corrected chi connectivity index (χ3v) is 5.91. The van der Waals surface area contributed by atoms with Crippen LogP contribution in [0.5, 0.6) is 0 Å². The minimum atomic E-state index is -0.568. The molecule has 0 aliphatic carbocycles. The van der Waals surface area contributed by atoms with Gasteiger partial charge in [-0.2, -0.15) is 0 Å². The predicted molar refractivity (Wildman–Crippen MR) is 119 cm³/mol. The van der Waals surface area contributed by atoms with E-state index in [1.54, 1.807) is 29.4 Å². The lowest BCUT2D eigenvalue weighted by molar-refractivity contribution is 0.0714. The fourth-order valence-electron chi connectivity index (χ4n) is 4.32. The van der Waals surface area contributed by atoms with E-state index in [0.29, 0.717) is 28.1 Å². The number of halogens is 1. The summed E-state index contributed by atoms with van der Waals surface area (Å²) in [4.78, 5) is 32.9. The highest BCUT2D eigenvalue weighted by Gasteiger charge is 2.42. The van der Waals surface area contributed by atoms with Gasteiger partial charge in [0.05, 0.1) is 17.0 Å². The van der Waals surface area contributed by atoms with Gasteiger partial charge in [-0.1, -0.05) is 35.9 Å². The third-order valence-electron chi connectivity index (χ3n) is 5.66. The summed E-state index contributed by atoms with van der Waals surface area (Å²) in [6.07, 6.45) is 3.40. The Kier molecular flexibility index (Phi) is 4.63. The number of pyridine rings is 1. The van der Waals surface area contributed by atoms with Crippen molar-refractivity contribution in [2.75, 3.05) is 0 Å². The molecule has 31 heavy (non-hydrogen) atoms. The first-order chi connectivity index (χ1) is 14.9. The average molecular weight is 431 g/mol. The number of rotatable bonds is 3. The number of carbonyl (C=O) groups is 1. The van der Waals surface area contributed by atoms with Gasteiger partial charge in [-0.15, -0.1) is 0 Å². The van der Waals surface area contributed by atoms with Crippen molar-refractivity contribution in [3.8, 4) is 0 Å². The van der Waals surface area contributed by atoms with E-state index in [-0.39, 0.29) is 17.1 Å². The highest BCUT2D eigenvalue weighted by atomic mass is 35.5. The van der Waals surface area contributed by atoms with Crippen LogP contribution in [0.25, 0.3) is 11.0 Å². The molecule has 0 radical (unpaired) electrons. The van der Waals surface area contributed by atoms with E-state index in [0.717, 1.165) is 22.3 Å². The monoisotopic (exact) mass is 430 g/mol. The van der Waals surface area contributed by atoms with Crippen LogP contribution in [-0.4, -0.2) is 15.8 Å². The second-order valence-corrected chi connectivity index (χ2v) is 8.32. The molecule has 1 aliphatic heterocycles. The van der Waals surface area contributed by atoms with Crippen LogP contribution in [0.15, 0.2) is 70.1 Å². The number of benzene rings is 2. The van der Waals surface area contributed by atoms with Crippen molar-refractivity contribution < 1.29 is 9.21 Å². The quantitative estimate of drug-likeness (QED) is 0.448. The molecule has 2 aromatic heterocycles. The zero-order chi connectivity index (χ0) is 21.7. The molecule has 4 aromatic rings. The first-order valence-electron chi connectivity index (χ1n) is 9.97. The Morgan fingerprint density at radius 2 is 1.87 bits per heavy atom. The summed E-state index contributed by atoms with van der Waals surface area (Å²) < 4.78 is 6.09. The fraction of sp³-hybridized carbons (Fsp3) is 0.160. The van der Waals surface area contributed by atoms with Gasteiger partial charge in [0.1, 0.15) is 5.58 Å². The molecule has 6 heteroatoms. The molecule has 1 aliphatic rings. The molecule has 154 valence electrons. The summed E-state index contributed by atoms with van der Waals surface area (Å²) in [6.45, 7) is 4.13. The van der Waals surface area contributed by atoms with Crippen molar-refractivity contribution >= 4 is 28.5 Å². The van der Waals surface area contributed by atoms with E-state index < -0.39 is 6.04 Å². The summed E-state index contributed by atoms with van der Waals surface area (Å²) >= 11 is 6.09. The number of carbonyl (C=O) groups excluding carboxylic acids is 1. The van der Waals surface area contributed by atoms with Gasteiger partial charge in [0, 0.05) is 24.0 Å². The fourth-order valence-corrected chi connectivity index (χ4v) is 4.44. The second kappa shape index (κ2) is 7.36. The Bertz CT molecular complexity index is 1380. The van der Waals surface area contributed by atoms with Gasteiger partial charge in [-0.3, -0.25) is 14.6 Å². The minimum Gasteiger partial charge on any atom is -0.450 e. The lowest BCUT2D eigenvalue weighted by Crippen LogP contribution is -2.29. The summed E-state index contributed by atoms with van der Waals surface area (Å²) in [5.41, 5.74) is 4.12.